The Morgan fingerprint density at radius 3 is 1.59 bits per heavy atom. The fraction of sp³-hybridized carbons (Fsp3) is 1.00. The summed E-state index contributed by atoms with van der Waals surface area (Å²) in [7, 11) is 0. The fourth-order valence-electron chi connectivity index (χ4n) is 2.02. The molecule has 0 spiro atoms. The summed E-state index contributed by atoms with van der Waals surface area (Å²) in [5.41, 5.74) is 5.64. The Bertz CT molecular complexity index is 149. The van der Waals surface area contributed by atoms with E-state index in [-0.39, 0.29) is 5.66 Å². The summed E-state index contributed by atoms with van der Waals surface area (Å²) < 4.78 is 0. The predicted molar refractivity (Wildman–Crippen MR) is 78.1 cm³/mol. The van der Waals surface area contributed by atoms with Crippen LogP contribution in [0.25, 0.3) is 0 Å². The molecule has 0 unspecified atom stereocenters. The van der Waals surface area contributed by atoms with Gasteiger partial charge in [-0.25, -0.2) is 0 Å². The first-order chi connectivity index (χ1) is 8.06. The third kappa shape index (κ3) is 15.9. The van der Waals surface area contributed by atoms with E-state index in [9.17, 15) is 0 Å². The zero-order valence-corrected chi connectivity index (χ0v) is 12.4. The maximum absolute atomic E-state index is 5.84. The van der Waals surface area contributed by atoms with Gasteiger partial charge < -0.3 is 5.73 Å². The maximum atomic E-state index is 5.84. The van der Waals surface area contributed by atoms with Crippen LogP contribution in [0.1, 0.15) is 85.0 Å². The highest BCUT2D eigenvalue weighted by Gasteiger charge is 2.06. The normalized spacial score (nSPS) is 12.0. The fourth-order valence-corrected chi connectivity index (χ4v) is 2.02. The minimum atomic E-state index is -0.209. The van der Waals surface area contributed by atoms with Gasteiger partial charge in [-0.3, -0.25) is 5.32 Å². The van der Waals surface area contributed by atoms with Gasteiger partial charge in [-0.2, -0.15) is 0 Å². The smallest absolute Gasteiger partial charge is 0.0603 e. The maximum Gasteiger partial charge on any atom is 0.0603 e. The van der Waals surface area contributed by atoms with Gasteiger partial charge in [0, 0.05) is 0 Å². The Balaban J connectivity index is 2.99. The molecule has 2 heteroatoms. The molecule has 0 amide bonds. The molecule has 0 aromatic heterocycles. The van der Waals surface area contributed by atoms with Gasteiger partial charge in [-0.15, -0.1) is 0 Å². The monoisotopic (exact) mass is 242 g/mol. The molecule has 17 heavy (non-hydrogen) atoms. The van der Waals surface area contributed by atoms with E-state index in [1.54, 1.807) is 0 Å². The van der Waals surface area contributed by atoms with Crippen LogP contribution in [-0.4, -0.2) is 12.2 Å². The highest BCUT2D eigenvalue weighted by atomic mass is 15.1. The molecule has 0 saturated heterocycles. The van der Waals surface area contributed by atoms with E-state index >= 15 is 0 Å². The summed E-state index contributed by atoms with van der Waals surface area (Å²) in [6, 6.07) is 0. The lowest BCUT2D eigenvalue weighted by Crippen LogP contribution is -2.48. The van der Waals surface area contributed by atoms with E-state index in [4.69, 9.17) is 5.73 Å². The average Bonchev–Trinajstić information content (AvgIpc) is 2.24. The second kappa shape index (κ2) is 11.0. The average molecular weight is 242 g/mol. The molecule has 0 aromatic carbocycles. The quantitative estimate of drug-likeness (QED) is 0.398. The van der Waals surface area contributed by atoms with Crippen molar-refractivity contribution in [2.75, 3.05) is 6.54 Å². The molecule has 0 aromatic rings. The van der Waals surface area contributed by atoms with Gasteiger partial charge in [-0.05, 0) is 26.8 Å². The highest BCUT2D eigenvalue weighted by molar-refractivity contribution is 4.67. The SMILES string of the molecule is CCCCCCCCCCCCNC(C)(C)N. The number of hydrogen-bond acceptors (Lipinski definition) is 2. The Morgan fingerprint density at radius 1 is 0.765 bits per heavy atom. The Kier molecular flexibility index (Phi) is 11.0. The van der Waals surface area contributed by atoms with E-state index < -0.39 is 0 Å². The number of nitrogens with one attached hydrogen (secondary N) is 1. The number of unbranched alkanes of at least 4 members (excludes halogenated alkanes) is 9. The van der Waals surface area contributed by atoms with E-state index in [1.807, 2.05) is 13.8 Å². The molecule has 2 nitrogen and oxygen atoms in total. The van der Waals surface area contributed by atoms with Crippen molar-refractivity contribution >= 4 is 0 Å². The largest absolute Gasteiger partial charge is 0.314 e. The van der Waals surface area contributed by atoms with Gasteiger partial charge in [0.05, 0.1) is 5.66 Å². The second-order valence-electron chi connectivity index (χ2n) is 5.83. The number of nitrogens with two attached hydrogens (primary N) is 1. The van der Waals surface area contributed by atoms with Gasteiger partial charge >= 0.3 is 0 Å². The lowest BCUT2D eigenvalue weighted by molar-refractivity contribution is 0.395. The van der Waals surface area contributed by atoms with E-state index in [0.717, 1.165) is 6.54 Å². The van der Waals surface area contributed by atoms with Crippen LogP contribution in [0.2, 0.25) is 0 Å². The Labute approximate surface area is 109 Å². The van der Waals surface area contributed by atoms with Crippen molar-refractivity contribution < 1.29 is 0 Å². The molecule has 0 radical (unpaired) electrons. The minimum Gasteiger partial charge on any atom is -0.314 e. The topological polar surface area (TPSA) is 38.0 Å². The predicted octanol–water partition coefficient (Wildman–Crippen LogP) is 4.19. The van der Waals surface area contributed by atoms with Crippen LogP contribution in [0.3, 0.4) is 0 Å². The molecule has 104 valence electrons. The molecular formula is C15H34N2. The van der Waals surface area contributed by atoms with Crippen molar-refractivity contribution in [3.05, 3.63) is 0 Å². The number of hydrogen-bond donors (Lipinski definition) is 2. The molecule has 0 fully saturated rings. The molecule has 0 aliphatic carbocycles. The van der Waals surface area contributed by atoms with E-state index in [2.05, 4.69) is 12.2 Å². The molecule has 3 N–H and O–H groups in total. The minimum absolute atomic E-state index is 0.209. The van der Waals surface area contributed by atoms with Gasteiger partial charge in [0.2, 0.25) is 0 Å². The van der Waals surface area contributed by atoms with Crippen LogP contribution in [0, 0.1) is 0 Å². The second-order valence-corrected chi connectivity index (χ2v) is 5.83. The highest BCUT2D eigenvalue weighted by Crippen LogP contribution is 2.10. The van der Waals surface area contributed by atoms with Crippen molar-refractivity contribution in [2.45, 2.75) is 90.6 Å². The molecular weight excluding hydrogens is 208 g/mol. The Hall–Kier alpha value is -0.0800. The Morgan fingerprint density at radius 2 is 1.18 bits per heavy atom. The molecule has 0 rings (SSSR count). The summed E-state index contributed by atoms with van der Waals surface area (Å²) in [5, 5.41) is 3.32. The van der Waals surface area contributed by atoms with Gasteiger partial charge in [0.25, 0.3) is 0 Å². The first-order valence-electron chi connectivity index (χ1n) is 7.60. The van der Waals surface area contributed by atoms with Crippen molar-refractivity contribution in [1.29, 1.82) is 0 Å². The summed E-state index contributed by atoms with van der Waals surface area (Å²) >= 11 is 0. The van der Waals surface area contributed by atoms with Gasteiger partial charge in [-0.1, -0.05) is 64.7 Å². The summed E-state index contributed by atoms with van der Waals surface area (Å²) in [4.78, 5) is 0. The standard InChI is InChI=1S/C15H34N2/c1-4-5-6-7-8-9-10-11-12-13-14-17-15(2,3)16/h17H,4-14,16H2,1-3H3. The molecule has 0 atom stereocenters. The van der Waals surface area contributed by atoms with Crippen LogP contribution in [-0.2, 0) is 0 Å². The van der Waals surface area contributed by atoms with Crippen LogP contribution < -0.4 is 11.1 Å². The zero-order chi connectivity index (χ0) is 13.0. The molecule has 0 aliphatic heterocycles. The van der Waals surface area contributed by atoms with Crippen LogP contribution in [0.5, 0.6) is 0 Å². The van der Waals surface area contributed by atoms with Crippen molar-refractivity contribution in [2.24, 2.45) is 5.73 Å². The third-order valence-electron chi connectivity index (χ3n) is 3.11. The van der Waals surface area contributed by atoms with Gasteiger partial charge in [0.1, 0.15) is 0 Å². The van der Waals surface area contributed by atoms with Gasteiger partial charge in [0.15, 0.2) is 0 Å². The third-order valence-corrected chi connectivity index (χ3v) is 3.11. The summed E-state index contributed by atoms with van der Waals surface area (Å²) in [6.07, 6.45) is 13.9. The molecule has 0 heterocycles. The lowest BCUT2D eigenvalue weighted by atomic mass is 10.1. The molecule has 0 saturated carbocycles. The zero-order valence-electron chi connectivity index (χ0n) is 12.4. The van der Waals surface area contributed by atoms with Crippen LogP contribution >= 0.6 is 0 Å². The lowest BCUT2D eigenvalue weighted by Gasteiger charge is -2.20. The van der Waals surface area contributed by atoms with Crippen molar-refractivity contribution in [3.63, 3.8) is 0 Å². The first kappa shape index (κ1) is 16.9. The summed E-state index contributed by atoms with van der Waals surface area (Å²) in [6.45, 7) is 7.36. The van der Waals surface area contributed by atoms with E-state index in [0.29, 0.717) is 0 Å². The first-order valence-corrected chi connectivity index (χ1v) is 7.60. The van der Waals surface area contributed by atoms with Crippen molar-refractivity contribution in [1.82, 2.24) is 5.32 Å². The number of rotatable bonds is 12. The van der Waals surface area contributed by atoms with E-state index in [1.165, 1.54) is 64.2 Å². The van der Waals surface area contributed by atoms with Crippen molar-refractivity contribution in [3.8, 4) is 0 Å². The van der Waals surface area contributed by atoms with Crippen LogP contribution in [0.15, 0.2) is 0 Å². The molecule has 0 bridgehead atoms. The molecule has 0 aliphatic rings. The van der Waals surface area contributed by atoms with Crippen LogP contribution in [0.4, 0.5) is 0 Å². The summed E-state index contributed by atoms with van der Waals surface area (Å²) in [5.74, 6) is 0.